The number of rotatable bonds is 9. The van der Waals surface area contributed by atoms with Crippen LogP contribution in [0.5, 0.6) is 11.5 Å². The van der Waals surface area contributed by atoms with Gasteiger partial charge in [-0.1, -0.05) is 31.0 Å². The monoisotopic (exact) mass is 521 g/mol. The van der Waals surface area contributed by atoms with Gasteiger partial charge in [0, 0.05) is 13.1 Å². The molecule has 0 aliphatic heterocycles. The van der Waals surface area contributed by atoms with Crippen LogP contribution in [-0.2, 0) is 21.2 Å². The van der Waals surface area contributed by atoms with Crippen molar-refractivity contribution in [2.45, 2.75) is 49.1 Å². The highest BCUT2D eigenvalue weighted by Crippen LogP contribution is 2.33. The second-order valence-corrected chi connectivity index (χ2v) is 11.0. The molecule has 194 valence electrons. The van der Waals surface area contributed by atoms with Gasteiger partial charge in [0.15, 0.2) is 11.5 Å². The minimum absolute atomic E-state index is 0.0494. The molecule has 1 aliphatic rings. The molecular formula is C28H31N3O5S. The van der Waals surface area contributed by atoms with Crippen LogP contribution in [-0.4, -0.2) is 52.6 Å². The van der Waals surface area contributed by atoms with Gasteiger partial charge >= 0.3 is 0 Å². The van der Waals surface area contributed by atoms with Gasteiger partial charge in [0.2, 0.25) is 15.9 Å². The summed E-state index contributed by atoms with van der Waals surface area (Å²) in [6.45, 7) is 0. The highest BCUT2D eigenvalue weighted by Gasteiger charge is 2.32. The number of nitrogens with zero attached hydrogens (tertiary/aromatic N) is 2. The minimum Gasteiger partial charge on any atom is -0.493 e. The standard InChI is InChI=1S/C28H31N3O5S/c1-31(23-6-4-5-7-23)28(32)25(14-19-8-10-20(18-29)11-9-19)30-37(33,34)24-13-12-21-16-26(35-2)27(36-3)17-22(21)15-24/h8-13,15-17,23,25,30H,4-7,14H2,1-3H3. The first-order chi connectivity index (χ1) is 17.7. The Labute approximate surface area is 217 Å². The maximum atomic E-state index is 13.5. The van der Waals surface area contributed by atoms with E-state index in [0.29, 0.717) is 22.4 Å². The van der Waals surface area contributed by atoms with Gasteiger partial charge in [-0.15, -0.1) is 0 Å². The first kappa shape index (κ1) is 26.5. The Bertz CT molecular complexity index is 1420. The first-order valence-electron chi connectivity index (χ1n) is 12.2. The zero-order chi connectivity index (χ0) is 26.6. The average molecular weight is 522 g/mol. The van der Waals surface area contributed by atoms with Crippen LogP contribution in [0.25, 0.3) is 10.8 Å². The number of hydrogen-bond donors (Lipinski definition) is 1. The van der Waals surface area contributed by atoms with Crippen molar-refractivity contribution in [3.63, 3.8) is 0 Å². The lowest BCUT2D eigenvalue weighted by Gasteiger charge is -2.29. The molecule has 0 saturated heterocycles. The van der Waals surface area contributed by atoms with Crippen LogP contribution in [0.1, 0.15) is 36.8 Å². The average Bonchev–Trinajstić information content (AvgIpc) is 3.46. The van der Waals surface area contributed by atoms with Gasteiger partial charge < -0.3 is 14.4 Å². The molecule has 9 heteroatoms. The number of carbonyl (C=O) groups is 1. The fraction of sp³-hybridized carbons (Fsp3) is 0.357. The molecule has 0 aromatic heterocycles. The normalized spacial score (nSPS) is 14.8. The molecule has 1 fully saturated rings. The smallest absolute Gasteiger partial charge is 0.241 e. The number of fused-ring (bicyclic) bond motifs is 1. The number of ether oxygens (including phenoxy) is 2. The lowest BCUT2D eigenvalue weighted by atomic mass is 10.0. The van der Waals surface area contributed by atoms with Crippen LogP contribution >= 0.6 is 0 Å². The Morgan fingerprint density at radius 2 is 1.65 bits per heavy atom. The van der Waals surface area contributed by atoms with Crippen molar-refractivity contribution in [1.82, 2.24) is 9.62 Å². The van der Waals surface area contributed by atoms with Gasteiger partial charge in [-0.05, 0) is 72.0 Å². The van der Waals surface area contributed by atoms with E-state index in [1.54, 1.807) is 67.6 Å². The van der Waals surface area contributed by atoms with Crippen molar-refractivity contribution in [3.8, 4) is 17.6 Å². The maximum Gasteiger partial charge on any atom is 0.241 e. The number of hydrogen-bond acceptors (Lipinski definition) is 6. The molecule has 1 saturated carbocycles. The molecule has 1 atom stereocenters. The van der Waals surface area contributed by atoms with Crippen LogP contribution in [0.2, 0.25) is 0 Å². The number of sulfonamides is 1. The number of nitrogens with one attached hydrogen (secondary N) is 1. The largest absolute Gasteiger partial charge is 0.493 e. The summed E-state index contributed by atoms with van der Waals surface area (Å²) in [6.07, 6.45) is 4.10. The number of likely N-dealkylation sites (N-methyl/N-ethyl adjacent to an activating group) is 1. The lowest BCUT2D eigenvalue weighted by Crippen LogP contribution is -2.50. The van der Waals surface area contributed by atoms with Crippen molar-refractivity contribution in [2.75, 3.05) is 21.3 Å². The van der Waals surface area contributed by atoms with Crippen molar-refractivity contribution in [1.29, 1.82) is 5.26 Å². The van der Waals surface area contributed by atoms with Gasteiger partial charge in [0.1, 0.15) is 6.04 Å². The van der Waals surface area contributed by atoms with E-state index in [0.717, 1.165) is 36.6 Å². The topological polar surface area (TPSA) is 109 Å². The van der Waals surface area contributed by atoms with Crippen LogP contribution in [0.3, 0.4) is 0 Å². The predicted octanol–water partition coefficient (Wildman–Crippen LogP) is 4.02. The van der Waals surface area contributed by atoms with Crippen molar-refractivity contribution >= 4 is 26.7 Å². The van der Waals surface area contributed by atoms with E-state index < -0.39 is 16.1 Å². The summed E-state index contributed by atoms with van der Waals surface area (Å²) in [5, 5.41) is 10.6. The molecule has 1 unspecified atom stereocenters. The molecule has 1 N–H and O–H groups in total. The van der Waals surface area contributed by atoms with E-state index in [2.05, 4.69) is 10.8 Å². The summed E-state index contributed by atoms with van der Waals surface area (Å²) in [5.41, 5.74) is 1.26. The summed E-state index contributed by atoms with van der Waals surface area (Å²) >= 11 is 0. The summed E-state index contributed by atoms with van der Waals surface area (Å²) in [4.78, 5) is 15.3. The van der Waals surface area contributed by atoms with E-state index in [1.807, 2.05) is 0 Å². The molecular weight excluding hydrogens is 490 g/mol. The second-order valence-electron chi connectivity index (χ2n) is 9.29. The number of carbonyl (C=O) groups excluding carboxylic acids is 1. The predicted molar refractivity (Wildman–Crippen MR) is 141 cm³/mol. The first-order valence-corrected chi connectivity index (χ1v) is 13.7. The van der Waals surface area contributed by atoms with E-state index in [9.17, 15) is 13.2 Å². The van der Waals surface area contributed by atoms with Crippen LogP contribution < -0.4 is 14.2 Å². The minimum atomic E-state index is -4.04. The highest BCUT2D eigenvalue weighted by molar-refractivity contribution is 7.89. The van der Waals surface area contributed by atoms with Crippen molar-refractivity contribution in [2.24, 2.45) is 0 Å². The van der Waals surface area contributed by atoms with E-state index in [4.69, 9.17) is 14.7 Å². The molecule has 37 heavy (non-hydrogen) atoms. The highest BCUT2D eigenvalue weighted by atomic mass is 32.2. The Hall–Kier alpha value is -3.61. The third kappa shape index (κ3) is 5.87. The summed E-state index contributed by atoms with van der Waals surface area (Å²) in [7, 11) is 0.763. The fourth-order valence-corrected chi connectivity index (χ4v) is 6.05. The Balaban J connectivity index is 1.65. The van der Waals surface area contributed by atoms with Crippen LogP contribution in [0, 0.1) is 11.3 Å². The number of methoxy groups -OCH3 is 2. The quantitative estimate of drug-likeness (QED) is 0.456. The molecule has 1 amide bonds. The Kier molecular flexibility index (Phi) is 8.00. The van der Waals surface area contributed by atoms with Gasteiger partial charge in [-0.3, -0.25) is 4.79 Å². The molecule has 0 bridgehead atoms. The Morgan fingerprint density at radius 1 is 1.03 bits per heavy atom. The molecule has 4 rings (SSSR count). The number of nitriles is 1. The van der Waals surface area contributed by atoms with Gasteiger partial charge in [0.05, 0.1) is 30.7 Å². The van der Waals surface area contributed by atoms with Crippen molar-refractivity contribution in [3.05, 3.63) is 65.7 Å². The third-order valence-corrected chi connectivity index (χ3v) is 8.43. The molecule has 0 radical (unpaired) electrons. The van der Waals surface area contributed by atoms with Crippen LogP contribution in [0.4, 0.5) is 0 Å². The molecule has 3 aromatic rings. The zero-order valence-electron chi connectivity index (χ0n) is 21.2. The van der Waals surface area contributed by atoms with Gasteiger partial charge in [-0.2, -0.15) is 9.98 Å². The van der Waals surface area contributed by atoms with Crippen LogP contribution in [0.15, 0.2) is 59.5 Å². The third-order valence-electron chi connectivity index (χ3n) is 6.96. The molecule has 0 heterocycles. The molecule has 1 aliphatic carbocycles. The number of amides is 1. The summed E-state index contributed by atoms with van der Waals surface area (Å²) < 4.78 is 40.4. The van der Waals surface area contributed by atoms with E-state index in [1.165, 1.54) is 13.2 Å². The lowest BCUT2D eigenvalue weighted by molar-refractivity contribution is -0.133. The number of benzene rings is 3. The van der Waals surface area contributed by atoms with E-state index >= 15 is 0 Å². The Morgan fingerprint density at radius 3 is 2.24 bits per heavy atom. The second kappa shape index (κ2) is 11.2. The summed E-state index contributed by atoms with van der Waals surface area (Å²) in [5.74, 6) is 0.767. The van der Waals surface area contributed by atoms with Gasteiger partial charge in [-0.25, -0.2) is 8.42 Å². The van der Waals surface area contributed by atoms with E-state index in [-0.39, 0.29) is 23.3 Å². The molecule has 3 aromatic carbocycles. The van der Waals surface area contributed by atoms with Crippen molar-refractivity contribution < 1.29 is 22.7 Å². The SMILES string of the molecule is COc1cc2ccc(S(=O)(=O)NC(Cc3ccc(C#N)cc3)C(=O)N(C)C3CCCC3)cc2cc1OC. The fourth-order valence-electron chi connectivity index (χ4n) is 4.82. The molecule has 8 nitrogen and oxygen atoms in total. The maximum absolute atomic E-state index is 13.5. The van der Waals surface area contributed by atoms with Gasteiger partial charge in [0.25, 0.3) is 0 Å². The zero-order valence-corrected chi connectivity index (χ0v) is 22.0. The summed E-state index contributed by atoms with van der Waals surface area (Å²) in [6, 6.07) is 16.3. The molecule has 0 spiro atoms.